The van der Waals surface area contributed by atoms with E-state index >= 15 is 0 Å². The van der Waals surface area contributed by atoms with Crippen LogP contribution in [0.2, 0.25) is 15.1 Å². The Labute approximate surface area is 177 Å². The Kier molecular flexibility index (Phi) is 5.31. The van der Waals surface area contributed by atoms with Gasteiger partial charge >= 0.3 is 0 Å². The van der Waals surface area contributed by atoms with Gasteiger partial charge in [-0.1, -0.05) is 65.1 Å². The van der Waals surface area contributed by atoms with Gasteiger partial charge in [-0.15, -0.1) is 0 Å². The average Bonchev–Trinajstić information content (AvgIpc) is 2.99. The van der Waals surface area contributed by atoms with Crippen LogP contribution >= 0.6 is 34.8 Å². The van der Waals surface area contributed by atoms with E-state index in [0.29, 0.717) is 33.0 Å². The molecule has 0 radical (unpaired) electrons. The number of halogens is 3. The highest BCUT2D eigenvalue weighted by atomic mass is 35.5. The predicted molar refractivity (Wildman–Crippen MR) is 115 cm³/mol. The van der Waals surface area contributed by atoms with Crippen molar-refractivity contribution in [2.45, 2.75) is 6.61 Å². The molecule has 0 spiro atoms. The van der Waals surface area contributed by atoms with Gasteiger partial charge in [0.2, 0.25) is 0 Å². The molecule has 1 N–H and O–H groups in total. The molecule has 0 aromatic heterocycles. The fourth-order valence-corrected chi connectivity index (χ4v) is 3.53. The number of hydrogen-bond donors (Lipinski definition) is 1. The molecule has 0 unspecified atom stereocenters. The first-order valence-corrected chi connectivity index (χ1v) is 9.63. The summed E-state index contributed by atoms with van der Waals surface area (Å²) in [5, 5.41) is 4.29. The van der Waals surface area contributed by atoms with Crippen LogP contribution in [0, 0.1) is 0 Å². The van der Waals surface area contributed by atoms with Gasteiger partial charge in [0.15, 0.2) is 0 Å². The molecule has 6 heteroatoms. The lowest BCUT2D eigenvalue weighted by molar-refractivity contribution is -0.110. The van der Waals surface area contributed by atoms with Crippen LogP contribution in [0.25, 0.3) is 11.6 Å². The lowest BCUT2D eigenvalue weighted by Crippen LogP contribution is -2.03. The van der Waals surface area contributed by atoms with E-state index in [1.165, 1.54) is 0 Å². The van der Waals surface area contributed by atoms with Gasteiger partial charge < -0.3 is 10.1 Å². The highest BCUT2D eigenvalue weighted by Gasteiger charge is 2.23. The van der Waals surface area contributed by atoms with Crippen LogP contribution in [0.1, 0.15) is 16.7 Å². The molecule has 4 rings (SSSR count). The lowest BCUT2D eigenvalue weighted by Gasteiger charge is -2.09. The number of anilines is 1. The highest BCUT2D eigenvalue weighted by molar-refractivity contribution is 6.42. The number of nitrogens with one attached hydrogen (secondary N) is 1. The van der Waals surface area contributed by atoms with Crippen molar-refractivity contribution in [1.82, 2.24) is 0 Å². The van der Waals surface area contributed by atoms with E-state index in [1.807, 2.05) is 42.5 Å². The zero-order valence-electron chi connectivity index (χ0n) is 14.5. The molecule has 1 heterocycles. The monoisotopic (exact) mass is 429 g/mol. The Morgan fingerprint density at radius 2 is 1.71 bits per heavy atom. The van der Waals surface area contributed by atoms with E-state index in [4.69, 9.17) is 39.5 Å². The van der Waals surface area contributed by atoms with Gasteiger partial charge in [-0.05, 0) is 47.5 Å². The molecule has 0 bridgehead atoms. The summed E-state index contributed by atoms with van der Waals surface area (Å²) in [4.78, 5) is 12.2. The van der Waals surface area contributed by atoms with Crippen LogP contribution in [0.4, 0.5) is 5.69 Å². The average molecular weight is 431 g/mol. The minimum Gasteiger partial charge on any atom is -0.487 e. The second-order valence-corrected chi connectivity index (χ2v) is 7.51. The van der Waals surface area contributed by atoms with Crippen molar-refractivity contribution in [3.8, 4) is 5.75 Å². The zero-order valence-corrected chi connectivity index (χ0v) is 16.8. The molecule has 3 aromatic carbocycles. The minimum atomic E-state index is -0.128. The quantitative estimate of drug-likeness (QED) is 0.467. The SMILES string of the molecule is O=C1Nc2ccccc2/C1=C/c1ccc(OCc2ccc(Cl)c(Cl)c2)c(Cl)c1. The number of carbonyl (C=O) groups is 1. The number of rotatable bonds is 4. The van der Waals surface area contributed by atoms with Crippen molar-refractivity contribution < 1.29 is 9.53 Å². The van der Waals surface area contributed by atoms with E-state index in [9.17, 15) is 4.79 Å². The summed E-state index contributed by atoms with van der Waals surface area (Å²) >= 11 is 18.3. The van der Waals surface area contributed by atoms with Crippen LogP contribution in [0.5, 0.6) is 5.75 Å². The van der Waals surface area contributed by atoms with Gasteiger partial charge in [0.05, 0.1) is 15.1 Å². The largest absolute Gasteiger partial charge is 0.487 e. The van der Waals surface area contributed by atoms with E-state index in [0.717, 1.165) is 22.4 Å². The number of amides is 1. The number of hydrogen-bond acceptors (Lipinski definition) is 2. The molecule has 1 aliphatic rings. The first-order valence-electron chi connectivity index (χ1n) is 8.50. The fraction of sp³-hybridized carbons (Fsp3) is 0.0455. The Balaban J connectivity index is 1.53. The second-order valence-electron chi connectivity index (χ2n) is 6.28. The van der Waals surface area contributed by atoms with Gasteiger partial charge in [0.1, 0.15) is 12.4 Å². The molecule has 0 saturated carbocycles. The first kappa shape index (κ1) is 18.9. The van der Waals surface area contributed by atoms with Crippen molar-refractivity contribution in [2.24, 2.45) is 0 Å². The third kappa shape index (κ3) is 3.88. The number of para-hydroxylation sites is 1. The summed E-state index contributed by atoms with van der Waals surface area (Å²) in [6.07, 6.45) is 1.82. The van der Waals surface area contributed by atoms with Crippen LogP contribution in [0.15, 0.2) is 60.7 Å². The molecule has 3 nitrogen and oxygen atoms in total. The van der Waals surface area contributed by atoms with Gasteiger partial charge in [-0.3, -0.25) is 4.79 Å². The number of ether oxygens (including phenoxy) is 1. The van der Waals surface area contributed by atoms with E-state index in [2.05, 4.69) is 5.32 Å². The molecular formula is C22H14Cl3NO2. The van der Waals surface area contributed by atoms with Crippen molar-refractivity contribution in [3.05, 3.63) is 92.4 Å². The van der Waals surface area contributed by atoms with Crippen molar-refractivity contribution in [2.75, 3.05) is 5.32 Å². The molecule has 3 aromatic rings. The van der Waals surface area contributed by atoms with Gasteiger partial charge in [-0.2, -0.15) is 0 Å². The van der Waals surface area contributed by atoms with Crippen LogP contribution in [-0.4, -0.2) is 5.91 Å². The predicted octanol–water partition coefficient (Wildman–Crippen LogP) is 6.72. The summed E-state index contributed by atoms with van der Waals surface area (Å²) in [5.74, 6) is 0.420. The summed E-state index contributed by atoms with van der Waals surface area (Å²) in [5.41, 5.74) is 4.00. The third-order valence-corrected chi connectivity index (χ3v) is 5.39. The molecule has 1 amide bonds. The van der Waals surface area contributed by atoms with E-state index < -0.39 is 0 Å². The molecule has 1 aliphatic heterocycles. The van der Waals surface area contributed by atoms with Crippen molar-refractivity contribution >= 4 is 58.0 Å². The summed E-state index contributed by atoms with van der Waals surface area (Å²) in [6.45, 7) is 0.312. The summed E-state index contributed by atoms with van der Waals surface area (Å²) in [6, 6.07) is 18.3. The Bertz CT molecular complexity index is 1110. The molecule has 0 saturated heterocycles. The molecule has 0 atom stereocenters. The Morgan fingerprint density at radius 1 is 0.893 bits per heavy atom. The maximum atomic E-state index is 12.2. The molecule has 0 aliphatic carbocycles. The van der Waals surface area contributed by atoms with Gasteiger partial charge in [0, 0.05) is 16.8 Å². The fourth-order valence-electron chi connectivity index (χ4n) is 2.96. The molecule has 0 fully saturated rings. The van der Waals surface area contributed by atoms with Gasteiger partial charge in [-0.25, -0.2) is 0 Å². The summed E-state index contributed by atoms with van der Waals surface area (Å²) in [7, 11) is 0. The standard InChI is InChI=1S/C22H14Cl3NO2/c23-17-7-5-14(11-18(17)24)12-28-21-8-6-13(10-19(21)25)9-16-15-3-1-2-4-20(15)26-22(16)27/h1-11H,12H2,(H,26,27)/b16-9-. The molecular weight excluding hydrogens is 417 g/mol. The van der Waals surface area contributed by atoms with Crippen LogP contribution in [0.3, 0.4) is 0 Å². The first-order chi connectivity index (χ1) is 13.5. The summed E-state index contributed by atoms with van der Waals surface area (Å²) < 4.78 is 5.79. The van der Waals surface area contributed by atoms with Crippen LogP contribution in [-0.2, 0) is 11.4 Å². The molecule has 28 heavy (non-hydrogen) atoms. The molecule has 140 valence electrons. The second kappa shape index (κ2) is 7.88. The Morgan fingerprint density at radius 3 is 2.50 bits per heavy atom. The maximum Gasteiger partial charge on any atom is 0.256 e. The van der Waals surface area contributed by atoms with Crippen molar-refractivity contribution in [1.29, 1.82) is 0 Å². The normalized spacial score (nSPS) is 14.1. The lowest BCUT2D eigenvalue weighted by atomic mass is 10.0. The Hall–Kier alpha value is -2.46. The topological polar surface area (TPSA) is 38.3 Å². The zero-order chi connectivity index (χ0) is 19.7. The third-order valence-electron chi connectivity index (χ3n) is 4.36. The smallest absolute Gasteiger partial charge is 0.256 e. The number of fused-ring (bicyclic) bond motifs is 1. The van der Waals surface area contributed by atoms with E-state index in [-0.39, 0.29) is 5.91 Å². The van der Waals surface area contributed by atoms with E-state index in [1.54, 1.807) is 24.3 Å². The number of benzene rings is 3. The highest BCUT2D eigenvalue weighted by Crippen LogP contribution is 2.34. The van der Waals surface area contributed by atoms with Crippen LogP contribution < -0.4 is 10.1 Å². The maximum absolute atomic E-state index is 12.2. The minimum absolute atomic E-state index is 0.128. The number of carbonyl (C=O) groups excluding carboxylic acids is 1. The van der Waals surface area contributed by atoms with Crippen molar-refractivity contribution in [3.63, 3.8) is 0 Å². The van der Waals surface area contributed by atoms with Gasteiger partial charge in [0.25, 0.3) is 5.91 Å².